The van der Waals surface area contributed by atoms with Crippen molar-refractivity contribution in [3.8, 4) is 16.3 Å². The van der Waals surface area contributed by atoms with E-state index < -0.39 is 12.0 Å². The van der Waals surface area contributed by atoms with Crippen molar-refractivity contribution in [1.82, 2.24) is 19.8 Å². The van der Waals surface area contributed by atoms with Crippen LogP contribution in [-0.2, 0) is 6.18 Å². The van der Waals surface area contributed by atoms with Gasteiger partial charge in [0, 0.05) is 17.3 Å². The number of nitrogens with zero attached hydrogens (tertiary/aromatic N) is 4. The Kier molecular flexibility index (Phi) is 2.97. The molecule has 0 aliphatic rings. The summed E-state index contributed by atoms with van der Waals surface area (Å²) in [5, 5.41) is 10.8. The van der Waals surface area contributed by atoms with Crippen LogP contribution in [0.25, 0.3) is 15.5 Å². The van der Waals surface area contributed by atoms with Gasteiger partial charge in [-0.15, -0.1) is 10.2 Å². The highest BCUT2D eigenvalue weighted by Gasteiger charge is 2.38. The molecule has 6 nitrogen and oxygen atoms in total. The molecule has 0 saturated carbocycles. The van der Waals surface area contributed by atoms with Gasteiger partial charge in [-0.3, -0.25) is 0 Å². The third kappa shape index (κ3) is 2.27. The first-order chi connectivity index (χ1) is 9.90. The molecule has 2 N–H and O–H groups in total. The van der Waals surface area contributed by atoms with Crippen LogP contribution in [0.1, 0.15) is 5.82 Å². The Morgan fingerprint density at radius 2 is 2.05 bits per heavy atom. The van der Waals surface area contributed by atoms with Crippen molar-refractivity contribution in [3.63, 3.8) is 0 Å². The van der Waals surface area contributed by atoms with E-state index in [1.807, 2.05) is 0 Å². The van der Waals surface area contributed by atoms with Crippen molar-refractivity contribution in [2.75, 3.05) is 12.8 Å². The number of hydrogen-bond acceptors (Lipinski definition) is 6. The zero-order valence-electron chi connectivity index (χ0n) is 10.5. The average Bonchev–Trinajstić information content (AvgIpc) is 2.96. The van der Waals surface area contributed by atoms with E-state index >= 15 is 0 Å². The Morgan fingerprint density at radius 3 is 2.67 bits per heavy atom. The van der Waals surface area contributed by atoms with Gasteiger partial charge in [0.05, 0.1) is 7.11 Å². The average molecular weight is 315 g/mol. The van der Waals surface area contributed by atoms with Gasteiger partial charge in [0.2, 0.25) is 4.96 Å². The molecule has 0 aliphatic heterocycles. The molecule has 10 heteroatoms. The van der Waals surface area contributed by atoms with Crippen LogP contribution in [0.2, 0.25) is 0 Å². The maximum absolute atomic E-state index is 12.7. The van der Waals surface area contributed by atoms with Crippen LogP contribution in [0.3, 0.4) is 0 Å². The topological polar surface area (TPSA) is 78.3 Å². The molecule has 3 rings (SSSR count). The SMILES string of the molecule is COc1ccc(-c2nn3c(C(F)(F)F)nnc3s2)c(N)c1. The van der Waals surface area contributed by atoms with Crippen molar-refractivity contribution in [2.45, 2.75) is 6.18 Å². The molecule has 0 saturated heterocycles. The van der Waals surface area contributed by atoms with E-state index in [2.05, 4.69) is 15.3 Å². The Balaban J connectivity index is 2.12. The van der Waals surface area contributed by atoms with Crippen molar-refractivity contribution < 1.29 is 17.9 Å². The van der Waals surface area contributed by atoms with E-state index in [0.29, 0.717) is 26.5 Å². The number of nitrogens with two attached hydrogens (primary N) is 1. The number of halogens is 3. The molecule has 0 amide bonds. The lowest BCUT2D eigenvalue weighted by atomic mass is 10.2. The van der Waals surface area contributed by atoms with Crippen LogP contribution in [0.5, 0.6) is 5.75 Å². The normalized spacial score (nSPS) is 12.0. The maximum atomic E-state index is 12.7. The number of anilines is 1. The molecule has 0 unspecified atom stereocenters. The minimum atomic E-state index is -4.61. The molecule has 0 radical (unpaired) electrons. The molecule has 2 heterocycles. The summed E-state index contributed by atoms with van der Waals surface area (Å²) in [6.45, 7) is 0. The minimum Gasteiger partial charge on any atom is -0.497 e. The van der Waals surface area contributed by atoms with Gasteiger partial charge in [0.25, 0.3) is 5.82 Å². The van der Waals surface area contributed by atoms with Crippen LogP contribution in [0.15, 0.2) is 18.2 Å². The molecule has 1 aromatic carbocycles. The lowest BCUT2D eigenvalue weighted by Crippen LogP contribution is -2.11. The molecule has 0 bridgehead atoms. The molecular formula is C11H8F3N5OS. The molecular weight excluding hydrogens is 307 g/mol. The predicted octanol–water partition coefficient (Wildman–Crippen LogP) is 2.46. The summed E-state index contributed by atoms with van der Waals surface area (Å²) in [5.41, 5.74) is 6.73. The number of hydrogen-bond donors (Lipinski definition) is 1. The predicted molar refractivity (Wildman–Crippen MR) is 70.1 cm³/mol. The van der Waals surface area contributed by atoms with Crippen LogP contribution in [-0.4, -0.2) is 26.9 Å². The number of ether oxygens (including phenoxy) is 1. The van der Waals surface area contributed by atoms with Crippen LogP contribution in [0.4, 0.5) is 18.9 Å². The second-order valence-electron chi connectivity index (χ2n) is 4.08. The summed E-state index contributed by atoms with van der Waals surface area (Å²) in [6.07, 6.45) is -4.61. The Labute approximate surface area is 120 Å². The van der Waals surface area contributed by atoms with Gasteiger partial charge < -0.3 is 10.5 Å². The summed E-state index contributed by atoms with van der Waals surface area (Å²) >= 11 is 0.972. The minimum absolute atomic E-state index is 0.0487. The smallest absolute Gasteiger partial charge is 0.453 e. The number of methoxy groups -OCH3 is 1. The Bertz CT molecular complexity index is 810. The summed E-state index contributed by atoms with van der Waals surface area (Å²) < 4.78 is 43.9. The summed E-state index contributed by atoms with van der Waals surface area (Å²) in [7, 11) is 1.49. The monoisotopic (exact) mass is 315 g/mol. The van der Waals surface area contributed by atoms with Gasteiger partial charge in [0.1, 0.15) is 10.8 Å². The summed E-state index contributed by atoms with van der Waals surface area (Å²) in [5.74, 6) is -0.609. The summed E-state index contributed by atoms with van der Waals surface area (Å²) in [6, 6.07) is 4.86. The van der Waals surface area contributed by atoms with Crippen molar-refractivity contribution in [2.24, 2.45) is 0 Å². The second-order valence-corrected chi connectivity index (χ2v) is 5.03. The molecule has 0 atom stereocenters. The highest BCUT2D eigenvalue weighted by Crippen LogP contribution is 2.34. The third-order valence-electron chi connectivity index (χ3n) is 2.73. The molecule has 0 spiro atoms. The number of alkyl halides is 3. The first-order valence-corrected chi connectivity index (χ1v) is 6.45. The zero-order chi connectivity index (χ0) is 15.2. The molecule has 0 fully saturated rings. The van der Waals surface area contributed by atoms with Gasteiger partial charge in [-0.1, -0.05) is 11.3 Å². The molecule has 2 aromatic heterocycles. The molecule has 3 aromatic rings. The number of aromatic nitrogens is 4. The summed E-state index contributed by atoms with van der Waals surface area (Å²) in [4.78, 5) is 0.0487. The number of fused-ring (bicyclic) bond motifs is 1. The molecule has 110 valence electrons. The largest absolute Gasteiger partial charge is 0.497 e. The lowest BCUT2D eigenvalue weighted by molar-refractivity contribution is -0.146. The van der Waals surface area contributed by atoms with Crippen molar-refractivity contribution >= 4 is 22.0 Å². The number of rotatable bonds is 2. The fourth-order valence-electron chi connectivity index (χ4n) is 1.77. The number of nitrogen functional groups attached to an aromatic ring is 1. The van der Waals surface area contributed by atoms with E-state index in [-0.39, 0.29) is 4.96 Å². The van der Waals surface area contributed by atoms with Crippen molar-refractivity contribution in [1.29, 1.82) is 0 Å². The first-order valence-electron chi connectivity index (χ1n) is 5.63. The zero-order valence-corrected chi connectivity index (χ0v) is 11.4. The highest BCUT2D eigenvalue weighted by atomic mass is 32.1. The van der Waals surface area contributed by atoms with Gasteiger partial charge in [-0.05, 0) is 12.1 Å². The molecule has 0 aliphatic carbocycles. The van der Waals surface area contributed by atoms with Gasteiger partial charge >= 0.3 is 6.18 Å². The highest BCUT2D eigenvalue weighted by molar-refractivity contribution is 7.19. The lowest BCUT2D eigenvalue weighted by Gasteiger charge is -2.05. The first kappa shape index (κ1) is 13.6. The van der Waals surface area contributed by atoms with Crippen LogP contribution in [0, 0.1) is 0 Å². The van der Waals surface area contributed by atoms with E-state index in [9.17, 15) is 13.2 Å². The quantitative estimate of drug-likeness (QED) is 0.735. The standard InChI is InChI=1S/C11H8F3N5OS/c1-20-5-2-3-6(7(15)4-5)8-18-19-9(11(12,13)14)16-17-10(19)21-8/h2-4H,15H2,1H3. The molecule has 21 heavy (non-hydrogen) atoms. The number of benzene rings is 1. The van der Waals surface area contributed by atoms with Gasteiger partial charge in [-0.2, -0.15) is 22.8 Å². The third-order valence-corrected chi connectivity index (χ3v) is 3.67. The van der Waals surface area contributed by atoms with Crippen LogP contribution < -0.4 is 10.5 Å². The van der Waals surface area contributed by atoms with E-state index in [1.54, 1.807) is 18.2 Å². The Hall–Kier alpha value is -2.36. The van der Waals surface area contributed by atoms with Crippen LogP contribution >= 0.6 is 11.3 Å². The Morgan fingerprint density at radius 1 is 1.29 bits per heavy atom. The second kappa shape index (κ2) is 4.58. The maximum Gasteiger partial charge on any atom is 0.453 e. The van der Waals surface area contributed by atoms with Gasteiger partial charge in [0.15, 0.2) is 0 Å². The van der Waals surface area contributed by atoms with Gasteiger partial charge in [-0.25, -0.2) is 0 Å². The van der Waals surface area contributed by atoms with E-state index in [4.69, 9.17) is 10.5 Å². The van der Waals surface area contributed by atoms with E-state index in [0.717, 1.165) is 11.3 Å². The fraction of sp³-hybridized carbons (Fsp3) is 0.182. The van der Waals surface area contributed by atoms with Crippen molar-refractivity contribution in [3.05, 3.63) is 24.0 Å². The fourth-order valence-corrected chi connectivity index (χ4v) is 2.65. The van der Waals surface area contributed by atoms with E-state index in [1.165, 1.54) is 7.11 Å².